The number of hydrogen-bond acceptors (Lipinski definition) is 4. The number of rotatable bonds is 3. The highest BCUT2D eigenvalue weighted by atomic mass is 35.5. The molecule has 25 heavy (non-hydrogen) atoms. The van der Waals surface area contributed by atoms with Crippen LogP contribution < -0.4 is 10.2 Å². The summed E-state index contributed by atoms with van der Waals surface area (Å²) in [4.78, 5) is 7.05. The fraction of sp³-hybridized carbons (Fsp3) is 0.250. The molecule has 2 aromatic carbocycles. The molecule has 0 fully saturated rings. The lowest BCUT2D eigenvalue weighted by molar-refractivity contribution is 0.572. The SMILES string of the molecule is Cc1ccc(-c2nc(CN3CCNCc4ccccc43)co2)cc1.Cl. The zero-order valence-corrected chi connectivity index (χ0v) is 15.1. The average molecular weight is 356 g/mol. The highest BCUT2D eigenvalue weighted by Crippen LogP contribution is 2.25. The summed E-state index contributed by atoms with van der Waals surface area (Å²) in [6, 6.07) is 16.8. The minimum Gasteiger partial charge on any atom is -0.444 e. The predicted molar refractivity (Wildman–Crippen MR) is 103 cm³/mol. The molecule has 0 amide bonds. The van der Waals surface area contributed by atoms with E-state index in [4.69, 9.17) is 4.42 Å². The molecule has 0 aliphatic carbocycles. The van der Waals surface area contributed by atoms with Crippen LogP contribution in [0.4, 0.5) is 5.69 Å². The molecule has 2 heterocycles. The highest BCUT2D eigenvalue weighted by Gasteiger charge is 2.16. The number of nitrogens with zero attached hydrogens (tertiary/aromatic N) is 2. The third kappa shape index (κ3) is 3.86. The van der Waals surface area contributed by atoms with Crippen LogP contribution in [-0.4, -0.2) is 18.1 Å². The number of benzene rings is 2. The number of aromatic nitrogens is 1. The largest absolute Gasteiger partial charge is 0.444 e. The maximum absolute atomic E-state index is 5.70. The highest BCUT2D eigenvalue weighted by molar-refractivity contribution is 5.85. The van der Waals surface area contributed by atoms with E-state index in [0.717, 1.165) is 37.4 Å². The lowest BCUT2D eigenvalue weighted by Crippen LogP contribution is -2.28. The first-order valence-corrected chi connectivity index (χ1v) is 8.34. The predicted octanol–water partition coefficient (Wildman–Crippen LogP) is 4.18. The lowest BCUT2D eigenvalue weighted by atomic mass is 10.1. The van der Waals surface area contributed by atoms with Crippen LogP contribution in [0.3, 0.4) is 0 Å². The second-order valence-corrected chi connectivity index (χ2v) is 6.24. The molecule has 1 aromatic heterocycles. The summed E-state index contributed by atoms with van der Waals surface area (Å²) in [5, 5.41) is 3.47. The first-order chi connectivity index (χ1) is 11.8. The molecular formula is C20H22ClN3O. The Morgan fingerprint density at radius 2 is 1.92 bits per heavy atom. The average Bonchev–Trinajstić information content (AvgIpc) is 2.97. The summed E-state index contributed by atoms with van der Waals surface area (Å²) in [6.07, 6.45) is 1.77. The van der Waals surface area contributed by atoms with Crippen LogP contribution in [0.15, 0.2) is 59.2 Å². The molecule has 5 heteroatoms. The van der Waals surface area contributed by atoms with Gasteiger partial charge in [0, 0.05) is 30.9 Å². The van der Waals surface area contributed by atoms with Gasteiger partial charge in [-0.2, -0.15) is 0 Å². The Hall–Kier alpha value is -2.30. The third-order valence-electron chi connectivity index (χ3n) is 4.41. The van der Waals surface area contributed by atoms with Crippen LogP contribution in [0.2, 0.25) is 0 Å². The number of aryl methyl sites for hydroxylation is 1. The summed E-state index contributed by atoms with van der Waals surface area (Å²) in [5.41, 5.74) is 5.82. The number of anilines is 1. The Morgan fingerprint density at radius 3 is 2.76 bits per heavy atom. The van der Waals surface area contributed by atoms with E-state index in [1.54, 1.807) is 6.26 Å². The summed E-state index contributed by atoms with van der Waals surface area (Å²) >= 11 is 0. The number of fused-ring (bicyclic) bond motifs is 1. The Bertz CT molecular complexity index is 829. The number of nitrogens with one attached hydrogen (secondary N) is 1. The van der Waals surface area contributed by atoms with Gasteiger partial charge >= 0.3 is 0 Å². The van der Waals surface area contributed by atoms with E-state index in [2.05, 4.69) is 70.7 Å². The van der Waals surface area contributed by atoms with Crippen molar-refractivity contribution in [3.63, 3.8) is 0 Å². The van der Waals surface area contributed by atoms with E-state index >= 15 is 0 Å². The van der Waals surface area contributed by atoms with Crippen molar-refractivity contribution in [1.82, 2.24) is 10.3 Å². The first-order valence-electron chi connectivity index (χ1n) is 8.34. The van der Waals surface area contributed by atoms with Crippen molar-refractivity contribution < 1.29 is 4.42 Å². The van der Waals surface area contributed by atoms with Gasteiger partial charge < -0.3 is 14.6 Å². The fourth-order valence-corrected chi connectivity index (χ4v) is 3.09. The van der Waals surface area contributed by atoms with E-state index in [1.165, 1.54) is 16.8 Å². The molecule has 0 saturated heterocycles. The van der Waals surface area contributed by atoms with Crippen LogP contribution in [0, 0.1) is 6.92 Å². The second-order valence-electron chi connectivity index (χ2n) is 6.24. The zero-order valence-electron chi connectivity index (χ0n) is 14.2. The standard InChI is InChI=1S/C20H21N3O.ClH/c1-15-6-8-16(9-7-15)20-22-18(14-24-20)13-23-11-10-21-12-17-4-2-3-5-19(17)23;/h2-9,14,21H,10-13H2,1H3;1H. The van der Waals surface area contributed by atoms with Crippen LogP contribution >= 0.6 is 12.4 Å². The quantitative estimate of drug-likeness (QED) is 0.765. The van der Waals surface area contributed by atoms with Crippen LogP contribution in [0.25, 0.3) is 11.5 Å². The maximum Gasteiger partial charge on any atom is 0.226 e. The van der Waals surface area contributed by atoms with Crippen molar-refractivity contribution in [2.75, 3.05) is 18.0 Å². The van der Waals surface area contributed by atoms with Gasteiger partial charge in [-0.1, -0.05) is 35.9 Å². The van der Waals surface area contributed by atoms with Crippen molar-refractivity contribution in [3.8, 4) is 11.5 Å². The molecule has 0 bridgehead atoms. The van der Waals surface area contributed by atoms with Crippen LogP contribution in [-0.2, 0) is 13.1 Å². The number of oxazole rings is 1. The van der Waals surface area contributed by atoms with Gasteiger partial charge in [-0.15, -0.1) is 12.4 Å². The molecule has 1 aliphatic rings. The van der Waals surface area contributed by atoms with Gasteiger partial charge in [0.25, 0.3) is 0 Å². The van der Waals surface area contributed by atoms with Gasteiger partial charge in [0.2, 0.25) is 5.89 Å². The van der Waals surface area contributed by atoms with Gasteiger partial charge in [0.1, 0.15) is 6.26 Å². The van der Waals surface area contributed by atoms with Gasteiger partial charge in [-0.3, -0.25) is 0 Å². The Kier molecular flexibility index (Phi) is 5.41. The molecule has 0 unspecified atom stereocenters. The minimum absolute atomic E-state index is 0. The number of hydrogen-bond donors (Lipinski definition) is 1. The van der Waals surface area contributed by atoms with E-state index < -0.39 is 0 Å². The van der Waals surface area contributed by atoms with Gasteiger partial charge in [0.15, 0.2) is 0 Å². The number of para-hydroxylation sites is 1. The zero-order chi connectivity index (χ0) is 16.4. The van der Waals surface area contributed by atoms with Crippen molar-refractivity contribution in [2.45, 2.75) is 20.0 Å². The molecule has 0 saturated carbocycles. The molecule has 1 aliphatic heterocycles. The maximum atomic E-state index is 5.70. The molecule has 0 atom stereocenters. The minimum atomic E-state index is 0. The summed E-state index contributed by atoms with van der Waals surface area (Å²) in [6.45, 7) is 5.69. The molecule has 130 valence electrons. The summed E-state index contributed by atoms with van der Waals surface area (Å²) in [5.74, 6) is 0.686. The molecule has 4 nitrogen and oxygen atoms in total. The normalized spacial score (nSPS) is 13.7. The van der Waals surface area contributed by atoms with Gasteiger partial charge in [0.05, 0.1) is 12.2 Å². The second kappa shape index (κ2) is 7.72. The van der Waals surface area contributed by atoms with Crippen molar-refractivity contribution in [2.24, 2.45) is 0 Å². The molecule has 1 N–H and O–H groups in total. The third-order valence-corrected chi connectivity index (χ3v) is 4.41. The smallest absolute Gasteiger partial charge is 0.226 e. The fourth-order valence-electron chi connectivity index (χ4n) is 3.09. The molecule has 4 rings (SSSR count). The number of halogens is 1. The van der Waals surface area contributed by atoms with Crippen molar-refractivity contribution in [1.29, 1.82) is 0 Å². The first kappa shape index (κ1) is 17.5. The topological polar surface area (TPSA) is 41.3 Å². The Morgan fingerprint density at radius 1 is 1.12 bits per heavy atom. The van der Waals surface area contributed by atoms with E-state index in [0.29, 0.717) is 5.89 Å². The van der Waals surface area contributed by atoms with E-state index in [-0.39, 0.29) is 12.4 Å². The van der Waals surface area contributed by atoms with E-state index in [9.17, 15) is 0 Å². The summed E-state index contributed by atoms with van der Waals surface area (Å²) in [7, 11) is 0. The van der Waals surface area contributed by atoms with Crippen LogP contribution in [0.5, 0.6) is 0 Å². The summed E-state index contributed by atoms with van der Waals surface area (Å²) < 4.78 is 5.70. The molecule has 3 aromatic rings. The van der Waals surface area contributed by atoms with Crippen LogP contribution in [0.1, 0.15) is 16.8 Å². The van der Waals surface area contributed by atoms with Gasteiger partial charge in [-0.25, -0.2) is 4.98 Å². The molecule has 0 radical (unpaired) electrons. The molecule has 0 spiro atoms. The lowest BCUT2D eigenvalue weighted by Gasteiger charge is -2.23. The van der Waals surface area contributed by atoms with E-state index in [1.807, 2.05) is 0 Å². The van der Waals surface area contributed by atoms with Crippen molar-refractivity contribution in [3.05, 3.63) is 71.6 Å². The van der Waals surface area contributed by atoms with Crippen molar-refractivity contribution >= 4 is 18.1 Å². The Balaban J connectivity index is 0.00000182. The monoisotopic (exact) mass is 355 g/mol. The molecular weight excluding hydrogens is 334 g/mol. The Labute approximate surface area is 154 Å². The van der Waals surface area contributed by atoms with Gasteiger partial charge in [-0.05, 0) is 30.7 Å².